The van der Waals surface area contributed by atoms with Gasteiger partial charge in [0, 0.05) is 5.38 Å². The number of carbonyl (C=O) groups excluding carboxylic acids is 1. The zero-order valence-corrected chi connectivity index (χ0v) is 10.9. The van der Waals surface area contributed by atoms with E-state index in [9.17, 15) is 14.9 Å². The Hall–Kier alpha value is -1.69. The fourth-order valence-electron chi connectivity index (χ4n) is 1.48. The van der Waals surface area contributed by atoms with E-state index in [1.807, 2.05) is 5.38 Å². The fourth-order valence-corrected chi connectivity index (χ4v) is 2.34. The molecule has 1 rings (SSSR count). The summed E-state index contributed by atoms with van der Waals surface area (Å²) in [6, 6.07) is 0. The minimum Gasteiger partial charge on any atom is -0.462 e. The molecule has 98 valence electrons. The molecule has 1 aromatic heterocycles. The number of aryl methyl sites for hydroxylation is 1. The molecule has 18 heavy (non-hydrogen) atoms. The molecule has 0 aliphatic rings. The molecular formula is C12H15NO4S. The molecule has 1 heterocycles. The molecule has 0 saturated heterocycles. The second-order valence-corrected chi connectivity index (χ2v) is 4.34. The van der Waals surface area contributed by atoms with Gasteiger partial charge in [-0.05, 0) is 43.2 Å². The molecule has 0 radical (unpaired) electrons. The number of thiophene rings is 1. The first-order valence-corrected chi connectivity index (χ1v) is 6.61. The Morgan fingerprint density at radius 2 is 2.33 bits per heavy atom. The van der Waals surface area contributed by atoms with Crippen LogP contribution in [0.5, 0.6) is 0 Å². The Balaban J connectivity index is 2.45. The Kier molecular flexibility index (Phi) is 6.07. The minimum atomic E-state index is -0.478. The average molecular weight is 269 g/mol. The maximum Gasteiger partial charge on any atom is 0.339 e. The van der Waals surface area contributed by atoms with Gasteiger partial charge in [0.05, 0.1) is 17.1 Å². The zero-order chi connectivity index (χ0) is 13.4. The molecule has 0 saturated carbocycles. The summed E-state index contributed by atoms with van der Waals surface area (Å²) in [5.41, 5.74) is 1.56. The van der Waals surface area contributed by atoms with Crippen molar-refractivity contribution in [2.45, 2.75) is 26.2 Å². The Morgan fingerprint density at radius 1 is 1.56 bits per heavy atom. The number of unbranched alkanes of at least 4 members (excludes halogenated alkanes) is 1. The molecule has 0 amide bonds. The van der Waals surface area contributed by atoms with Gasteiger partial charge in [-0.3, -0.25) is 10.1 Å². The molecule has 5 nitrogen and oxygen atoms in total. The maximum atomic E-state index is 11.6. The van der Waals surface area contributed by atoms with Crippen LogP contribution >= 0.6 is 11.3 Å². The monoisotopic (exact) mass is 269 g/mol. The summed E-state index contributed by atoms with van der Waals surface area (Å²) in [5, 5.41) is 13.8. The number of hydrogen-bond acceptors (Lipinski definition) is 5. The van der Waals surface area contributed by atoms with Crippen molar-refractivity contribution in [2.75, 3.05) is 6.61 Å². The normalized spacial score (nSPS) is 10.7. The van der Waals surface area contributed by atoms with E-state index in [-0.39, 0.29) is 5.97 Å². The summed E-state index contributed by atoms with van der Waals surface area (Å²) in [5.74, 6) is -0.297. The van der Waals surface area contributed by atoms with E-state index in [0.29, 0.717) is 18.6 Å². The third kappa shape index (κ3) is 4.67. The number of carbonyl (C=O) groups is 1. The number of esters is 1. The first-order chi connectivity index (χ1) is 8.65. The van der Waals surface area contributed by atoms with E-state index in [1.54, 1.807) is 12.3 Å². The van der Waals surface area contributed by atoms with Crippen LogP contribution in [0, 0.1) is 10.1 Å². The van der Waals surface area contributed by atoms with Crippen molar-refractivity contribution in [1.29, 1.82) is 0 Å². The summed E-state index contributed by atoms with van der Waals surface area (Å²) >= 11 is 1.46. The molecule has 0 unspecified atom stereocenters. The van der Waals surface area contributed by atoms with Crippen LogP contribution in [0.25, 0.3) is 0 Å². The summed E-state index contributed by atoms with van der Waals surface area (Å²) in [6.45, 7) is 2.13. The lowest BCUT2D eigenvalue weighted by Gasteiger charge is -2.02. The molecule has 0 fully saturated rings. The van der Waals surface area contributed by atoms with Crippen LogP contribution in [0.1, 0.15) is 35.7 Å². The lowest BCUT2D eigenvalue weighted by Crippen LogP contribution is -2.05. The van der Waals surface area contributed by atoms with Crippen molar-refractivity contribution in [1.82, 2.24) is 0 Å². The van der Waals surface area contributed by atoms with E-state index in [2.05, 4.69) is 0 Å². The van der Waals surface area contributed by atoms with Crippen LogP contribution < -0.4 is 0 Å². The molecule has 0 bridgehead atoms. The van der Waals surface area contributed by atoms with Crippen LogP contribution in [0.15, 0.2) is 23.0 Å². The van der Waals surface area contributed by atoms with Gasteiger partial charge in [-0.25, -0.2) is 4.79 Å². The minimum absolute atomic E-state index is 0.297. The standard InChI is InChI=1S/C12H15NO4S/c1-2-17-12(14)11-9-18-8-10(11)6-4-3-5-7-13(15)16/h5,7-9H,2-4,6H2,1H3. The Labute approximate surface area is 109 Å². The van der Waals surface area contributed by atoms with Crippen LogP contribution in [0.2, 0.25) is 0 Å². The predicted octanol–water partition coefficient (Wildman–Crippen LogP) is 3.04. The Bertz CT molecular complexity index is 439. The summed E-state index contributed by atoms with van der Waals surface area (Å²) in [6.07, 6.45) is 4.59. The summed E-state index contributed by atoms with van der Waals surface area (Å²) in [7, 11) is 0. The second kappa shape index (κ2) is 7.60. The zero-order valence-electron chi connectivity index (χ0n) is 10.1. The molecule has 0 aromatic carbocycles. The van der Waals surface area contributed by atoms with Gasteiger partial charge in [-0.2, -0.15) is 11.3 Å². The van der Waals surface area contributed by atoms with Crippen molar-refractivity contribution < 1.29 is 14.5 Å². The van der Waals surface area contributed by atoms with Gasteiger partial charge >= 0.3 is 5.97 Å². The largest absolute Gasteiger partial charge is 0.462 e. The SMILES string of the molecule is CCOC(=O)c1cscc1CCCC=C[N+](=O)[O-]. The highest BCUT2D eigenvalue weighted by Crippen LogP contribution is 2.18. The quantitative estimate of drug-likeness (QED) is 0.330. The van der Waals surface area contributed by atoms with Crippen LogP contribution in [-0.4, -0.2) is 17.5 Å². The third-order valence-corrected chi connectivity index (χ3v) is 3.07. The number of rotatable bonds is 7. The van der Waals surface area contributed by atoms with E-state index in [4.69, 9.17) is 4.74 Å². The van der Waals surface area contributed by atoms with Crippen molar-refractivity contribution >= 4 is 17.3 Å². The lowest BCUT2D eigenvalue weighted by atomic mass is 10.1. The summed E-state index contributed by atoms with van der Waals surface area (Å²) < 4.78 is 4.95. The van der Waals surface area contributed by atoms with Gasteiger partial charge in [0.15, 0.2) is 0 Å². The fraction of sp³-hybridized carbons (Fsp3) is 0.417. The molecule has 0 spiro atoms. The van der Waals surface area contributed by atoms with E-state index >= 15 is 0 Å². The number of nitrogens with zero attached hydrogens (tertiary/aromatic N) is 1. The van der Waals surface area contributed by atoms with E-state index < -0.39 is 4.92 Å². The highest BCUT2D eigenvalue weighted by molar-refractivity contribution is 7.08. The van der Waals surface area contributed by atoms with Gasteiger partial charge in [-0.1, -0.05) is 0 Å². The molecule has 0 aliphatic heterocycles. The van der Waals surface area contributed by atoms with Crippen molar-refractivity contribution in [3.8, 4) is 0 Å². The van der Waals surface area contributed by atoms with Crippen molar-refractivity contribution in [3.05, 3.63) is 44.3 Å². The molecule has 1 aromatic rings. The van der Waals surface area contributed by atoms with E-state index in [0.717, 1.165) is 24.6 Å². The first-order valence-electron chi connectivity index (χ1n) is 5.67. The van der Waals surface area contributed by atoms with Gasteiger partial charge in [0.25, 0.3) is 0 Å². The van der Waals surface area contributed by atoms with E-state index in [1.165, 1.54) is 17.4 Å². The van der Waals surface area contributed by atoms with Gasteiger partial charge in [0.1, 0.15) is 0 Å². The highest BCUT2D eigenvalue weighted by atomic mass is 32.1. The van der Waals surface area contributed by atoms with Crippen LogP contribution in [0.3, 0.4) is 0 Å². The molecule has 0 aliphatic carbocycles. The average Bonchev–Trinajstić information content (AvgIpc) is 2.77. The Morgan fingerprint density at radius 3 is 3.00 bits per heavy atom. The first kappa shape index (κ1) is 14.4. The number of hydrogen-bond donors (Lipinski definition) is 0. The molecule has 0 atom stereocenters. The van der Waals surface area contributed by atoms with Gasteiger partial charge in [-0.15, -0.1) is 0 Å². The lowest BCUT2D eigenvalue weighted by molar-refractivity contribution is -0.402. The van der Waals surface area contributed by atoms with Crippen molar-refractivity contribution in [3.63, 3.8) is 0 Å². The van der Waals surface area contributed by atoms with Crippen LogP contribution in [-0.2, 0) is 11.2 Å². The van der Waals surface area contributed by atoms with Gasteiger partial charge in [0.2, 0.25) is 6.20 Å². The summed E-state index contributed by atoms with van der Waals surface area (Å²) in [4.78, 5) is 21.2. The topological polar surface area (TPSA) is 69.4 Å². The second-order valence-electron chi connectivity index (χ2n) is 3.59. The molecule has 6 heteroatoms. The number of nitro groups is 1. The molecular weight excluding hydrogens is 254 g/mol. The van der Waals surface area contributed by atoms with Crippen molar-refractivity contribution in [2.24, 2.45) is 0 Å². The third-order valence-electron chi connectivity index (χ3n) is 2.28. The maximum absolute atomic E-state index is 11.6. The van der Waals surface area contributed by atoms with Crippen LogP contribution in [0.4, 0.5) is 0 Å². The number of allylic oxidation sites excluding steroid dienone is 1. The molecule has 0 N–H and O–H groups in total. The van der Waals surface area contributed by atoms with Gasteiger partial charge < -0.3 is 4.74 Å². The number of ether oxygens (including phenoxy) is 1. The predicted molar refractivity (Wildman–Crippen MR) is 69.3 cm³/mol. The highest BCUT2D eigenvalue weighted by Gasteiger charge is 2.12. The smallest absolute Gasteiger partial charge is 0.339 e.